The van der Waals surface area contributed by atoms with Crippen molar-refractivity contribution in [2.24, 2.45) is 0 Å². The number of carboxylic acid groups (broad SMARTS) is 1. The van der Waals surface area contributed by atoms with E-state index in [1.165, 1.54) is 0 Å². The summed E-state index contributed by atoms with van der Waals surface area (Å²) in [6.45, 7) is -0.430. The van der Waals surface area contributed by atoms with Gasteiger partial charge >= 0.3 is 5.97 Å². The fourth-order valence-electron chi connectivity index (χ4n) is 3.51. The largest absolute Gasteiger partial charge is 0.480 e. The first-order valence-electron chi connectivity index (χ1n) is 8.97. The molecule has 27 heavy (non-hydrogen) atoms. The lowest BCUT2D eigenvalue weighted by Crippen LogP contribution is -2.41. The zero-order valence-corrected chi connectivity index (χ0v) is 15.7. The quantitative estimate of drug-likeness (QED) is 0.709. The fraction of sp³-hybridized carbons (Fsp3) is 0.350. The Morgan fingerprint density at radius 3 is 2.33 bits per heavy atom. The van der Waals surface area contributed by atoms with E-state index in [1.54, 1.807) is 35.6 Å². The van der Waals surface area contributed by atoms with Crippen LogP contribution in [0.3, 0.4) is 0 Å². The number of carboxylic acids is 1. The third-order valence-electron chi connectivity index (χ3n) is 4.94. The summed E-state index contributed by atoms with van der Waals surface area (Å²) >= 11 is 1.62. The van der Waals surface area contributed by atoms with E-state index in [0.717, 1.165) is 37.0 Å². The summed E-state index contributed by atoms with van der Waals surface area (Å²) in [6.07, 6.45) is 4.91. The second-order valence-electron chi connectivity index (χ2n) is 6.73. The first-order valence-corrected chi connectivity index (χ1v) is 9.85. The second-order valence-corrected chi connectivity index (χ2v) is 7.68. The molecule has 1 aromatic carbocycles. The van der Waals surface area contributed by atoms with Crippen molar-refractivity contribution in [2.75, 3.05) is 11.9 Å². The summed E-state index contributed by atoms with van der Waals surface area (Å²) in [4.78, 5) is 36.6. The van der Waals surface area contributed by atoms with Gasteiger partial charge in [-0.3, -0.25) is 14.4 Å². The van der Waals surface area contributed by atoms with Gasteiger partial charge in [0.05, 0.1) is 5.41 Å². The van der Waals surface area contributed by atoms with Crippen LogP contribution in [0.5, 0.6) is 0 Å². The van der Waals surface area contributed by atoms with Crippen LogP contribution in [0, 0.1) is 0 Å². The van der Waals surface area contributed by atoms with E-state index in [2.05, 4.69) is 10.6 Å². The van der Waals surface area contributed by atoms with Gasteiger partial charge in [-0.2, -0.15) is 0 Å². The molecular formula is C20H22N2O4S. The van der Waals surface area contributed by atoms with Crippen molar-refractivity contribution in [1.29, 1.82) is 0 Å². The fourth-order valence-corrected chi connectivity index (χ4v) is 4.49. The van der Waals surface area contributed by atoms with Gasteiger partial charge < -0.3 is 15.7 Å². The summed E-state index contributed by atoms with van der Waals surface area (Å²) in [7, 11) is 0. The molecule has 1 aromatic heterocycles. The van der Waals surface area contributed by atoms with Crippen molar-refractivity contribution in [2.45, 2.75) is 37.5 Å². The summed E-state index contributed by atoms with van der Waals surface area (Å²) in [5.41, 5.74) is 0.486. The molecule has 0 unspecified atom stereocenters. The van der Waals surface area contributed by atoms with Gasteiger partial charge in [-0.1, -0.05) is 25.3 Å². The molecule has 6 nitrogen and oxygen atoms in total. The van der Waals surface area contributed by atoms with Gasteiger partial charge in [0.1, 0.15) is 6.54 Å². The predicted molar refractivity (Wildman–Crippen MR) is 104 cm³/mol. The molecule has 1 aliphatic carbocycles. The van der Waals surface area contributed by atoms with Gasteiger partial charge in [0.25, 0.3) is 5.91 Å². The van der Waals surface area contributed by atoms with Gasteiger partial charge in [0.15, 0.2) is 0 Å². The number of anilines is 1. The number of hydrogen-bond acceptors (Lipinski definition) is 4. The van der Waals surface area contributed by atoms with Crippen molar-refractivity contribution < 1.29 is 19.5 Å². The van der Waals surface area contributed by atoms with E-state index in [0.29, 0.717) is 11.3 Å². The lowest BCUT2D eigenvalue weighted by Gasteiger charge is -2.35. The molecule has 0 bridgehead atoms. The summed E-state index contributed by atoms with van der Waals surface area (Å²) in [5, 5.41) is 15.9. The number of hydrogen-bond donors (Lipinski definition) is 3. The van der Waals surface area contributed by atoms with Gasteiger partial charge in [-0.15, -0.1) is 11.3 Å². The molecule has 2 amide bonds. The highest BCUT2D eigenvalue weighted by molar-refractivity contribution is 7.10. The van der Waals surface area contributed by atoms with Crippen molar-refractivity contribution in [3.05, 3.63) is 52.2 Å². The standard InChI is InChI=1S/C20H22N2O4S/c23-17(24)13-21-18(25)14-6-8-15(9-7-14)22-19(26)20(10-2-1-3-11-20)16-5-4-12-27-16/h4-9,12H,1-3,10-11,13H2,(H,21,25)(H,22,26)(H,23,24). The molecule has 2 aromatic rings. The zero-order chi connectivity index (χ0) is 19.3. The van der Waals surface area contributed by atoms with Gasteiger partial charge in [-0.25, -0.2) is 0 Å². The van der Waals surface area contributed by atoms with E-state index < -0.39 is 23.8 Å². The van der Waals surface area contributed by atoms with E-state index in [9.17, 15) is 14.4 Å². The highest BCUT2D eigenvalue weighted by Gasteiger charge is 2.41. The van der Waals surface area contributed by atoms with E-state index in [-0.39, 0.29) is 5.91 Å². The number of aliphatic carboxylic acids is 1. The molecule has 0 radical (unpaired) electrons. The number of nitrogens with one attached hydrogen (secondary N) is 2. The molecule has 142 valence electrons. The Kier molecular flexibility index (Phi) is 5.91. The number of carbonyl (C=O) groups excluding carboxylic acids is 2. The van der Waals surface area contributed by atoms with Crippen molar-refractivity contribution in [3.63, 3.8) is 0 Å². The maximum atomic E-state index is 13.1. The average molecular weight is 386 g/mol. The van der Waals surface area contributed by atoms with Crippen molar-refractivity contribution in [3.8, 4) is 0 Å². The lowest BCUT2D eigenvalue weighted by molar-refractivity contribution is -0.135. The van der Waals surface area contributed by atoms with Crippen molar-refractivity contribution >= 4 is 34.8 Å². The summed E-state index contributed by atoms with van der Waals surface area (Å²) in [6, 6.07) is 10.5. The second kappa shape index (κ2) is 8.35. The molecule has 0 atom stereocenters. The SMILES string of the molecule is O=C(O)CNC(=O)c1ccc(NC(=O)C2(c3cccs3)CCCCC2)cc1. The maximum Gasteiger partial charge on any atom is 0.322 e. The van der Waals surface area contributed by atoms with Crippen LogP contribution in [-0.2, 0) is 15.0 Å². The highest BCUT2D eigenvalue weighted by atomic mass is 32.1. The van der Waals surface area contributed by atoms with Crippen LogP contribution in [0.15, 0.2) is 41.8 Å². The minimum absolute atomic E-state index is 0.00673. The Hall–Kier alpha value is -2.67. The van der Waals surface area contributed by atoms with E-state index in [1.807, 2.05) is 17.5 Å². The Bertz CT molecular complexity index is 809. The number of rotatable bonds is 6. The van der Waals surface area contributed by atoms with E-state index >= 15 is 0 Å². The average Bonchev–Trinajstić information content (AvgIpc) is 3.22. The third-order valence-corrected chi connectivity index (χ3v) is 6.01. The monoisotopic (exact) mass is 386 g/mol. The van der Waals surface area contributed by atoms with Crippen LogP contribution in [0.2, 0.25) is 0 Å². The number of carbonyl (C=O) groups is 3. The smallest absolute Gasteiger partial charge is 0.322 e. The maximum absolute atomic E-state index is 13.1. The molecular weight excluding hydrogens is 364 g/mol. The first-order chi connectivity index (χ1) is 13.0. The lowest BCUT2D eigenvalue weighted by atomic mass is 9.72. The molecule has 0 saturated heterocycles. The topological polar surface area (TPSA) is 95.5 Å². The molecule has 0 spiro atoms. The number of thiophene rings is 1. The molecule has 1 fully saturated rings. The molecule has 3 rings (SSSR count). The normalized spacial score (nSPS) is 15.7. The molecule has 1 heterocycles. The Labute approximate surface area is 161 Å². The van der Waals surface area contributed by atoms with Gasteiger partial charge in [0.2, 0.25) is 5.91 Å². The van der Waals surface area contributed by atoms with Crippen LogP contribution in [-0.4, -0.2) is 29.4 Å². The molecule has 1 aliphatic rings. The van der Waals surface area contributed by atoms with Crippen LogP contribution in [0.25, 0.3) is 0 Å². The summed E-state index contributed by atoms with van der Waals surface area (Å²) in [5.74, 6) is -1.57. The van der Waals surface area contributed by atoms with Crippen LogP contribution in [0.1, 0.15) is 47.3 Å². The Morgan fingerprint density at radius 1 is 1.04 bits per heavy atom. The van der Waals surface area contributed by atoms with E-state index in [4.69, 9.17) is 5.11 Å². The minimum Gasteiger partial charge on any atom is -0.480 e. The van der Waals surface area contributed by atoms with Crippen LogP contribution >= 0.6 is 11.3 Å². The number of benzene rings is 1. The molecule has 3 N–H and O–H groups in total. The number of amides is 2. The highest BCUT2D eigenvalue weighted by Crippen LogP contribution is 2.42. The predicted octanol–water partition coefficient (Wildman–Crippen LogP) is 3.40. The van der Waals surface area contributed by atoms with Gasteiger partial charge in [-0.05, 0) is 48.6 Å². The molecule has 1 saturated carbocycles. The zero-order valence-electron chi connectivity index (χ0n) is 14.9. The molecule has 7 heteroatoms. The van der Waals surface area contributed by atoms with Gasteiger partial charge in [0, 0.05) is 16.1 Å². The van der Waals surface area contributed by atoms with Crippen molar-refractivity contribution in [1.82, 2.24) is 5.32 Å². The minimum atomic E-state index is -1.10. The Morgan fingerprint density at radius 2 is 1.74 bits per heavy atom. The van der Waals surface area contributed by atoms with Crippen LogP contribution < -0.4 is 10.6 Å². The summed E-state index contributed by atoms with van der Waals surface area (Å²) < 4.78 is 0. The first kappa shape index (κ1) is 19.1. The molecule has 0 aliphatic heterocycles. The Balaban J connectivity index is 1.71. The third kappa shape index (κ3) is 4.36. The van der Waals surface area contributed by atoms with Crippen LogP contribution in [0.4, 0.5) is 5.69 Å².